The van der Waals surface area contributed by atoms with E-state index in [2.05, 4.69) is 175 Å². The number of fused-ring (bicyclic) bond motifs is 15. The third kappa shape index (κ3) is 3.38. The maximum atomic E-state index is 5.06. The van der Waals surface area contributed by atoms with Gasteiger partial charge in [-0.1, -0.05) is 140 Å². The summed E-state index contributed by atoms with van der Waals surface area (Å²) in [6.45, 7) is 0. The normalized spacial score (nSPS) is 13.6. The Hall–Kier alpha value is -6.25. The van der Waals surface area contributed by atoms with Gasteiger partial charge in [-0.15, -0.1) is 0 Å². The van der Waals surface area contributed by atoms with Gasteiger partial charge in [-0.3, -0.25) is 0 Å². The number of rotatable bonds is 2. The van der Waals surface area contributed by atoms with Gasteiger partial charge in [0.2, 0.25) is 0 Å². The second-order valence-electron chi connectivity index (χ2n) is 13.5. The van der Waals surface area contributed by atoms with Crippen molar-refractivity contribution in [3.8, 4) is 44.8 Å². The molecule has 49 heavy (non-hydrogen) atoms. The van der Waals surface area contributed by atoms with Gasteiger partial charge in [0.05, 0.1) is 16.4 Å². The van der Waals surface area contributed by atoms with Crippen LogP contribution in [0.15, 0.2) is 164 Å². The van der Waals surface area contributed by atoms with Gasteiger partial charge in [-0.25, -0.2) is 4.98 Å². The summed E-state index contributed by atoms with van der Waals surface area (Å²) in [5.74, 6) is 0.975. The molecule has 0 aliphatic heterocycles. The summed E-state index contributed by atoms with van der Waals surface area (Å²) in [5, 5.41) is 5.13. The highest BCUT2D eigenvalue weighted by molar-refractivity contribution is 6.16. The molecule has 0 bridgehead atoms. The van der Waals surface area contributed by atoms with Gasteiger partial charge >= 0.3 is 0 Å². The minimum absolute atomic E-state index is 0.435. The number of aryl methyl sites for hydroxylation is 1. The highest BCUT2D eigenvalue weighted by atomic mass is 15.1. The Labute approximate surface area is 284 Å². The van der Waals surface area contributed by atoms with E-state index >= 15 is 0 Å². The van der Waals surface area contributed by atoms with Crippen molar-refractivity contribution in [2.24, 2.45) is 7.05 Å². The van der Waals surface area contributed by atoms with Gasteiger partial charge in [0.25, 0.3) is 0 Å². The molecule has 0 fully saturated rings. The summed E-state index contributed by atoms with van der Waals surface area (Å²) in [6, 6.07) is 60.7. The minimum Gasteiger partial charge on any atom is -0.327 e. The van der Waals surface area contributed by atoms with Crippen LogP contribution in [0.2, 0.25) is 0 Å². The van der Waals surface area contributed by atoms with E-state index in [9.17, 15) is 0 Å². The molecule has 1 spiro atoms. The molecule has 2 heteroatoms. The fraction of sp³-hybridized carbons (Fsp3) is 0.0426. The van der Waals surface area contributed by atoms with Crippen molar-refractivity contribution < 1.29 is 0 Å². The molecule has 228 valence electrons. The second kappa shape index (κ2) is 9.65. The highest BCUT2D eigenvalue weighted by Crippen LogP contribution is 2.65. The van der Waals surface area contributed by atoms with Crippen LogP contribution in [-0.4, -0.2) is 9.55 Å². The van der Waals surface area contributed by atoms with Gasteiger partial charge < -0.3 is 4.57 Å². The predicted molar refractivity (Wildman–Crippen MR) is 203 cm³/mol. The van der Waals surface area contributed by atoms with Crippen molar-refractivity contribution in [3.63, 3.8) is 0 Å². The standard InChI is InChI=1S/C47H30N2/c1-49-43-24-11-10-23-42(43)48-46(49)31-15-12-14-30(27-31)37-28-41-45(36-20-5-4-17-33(36)37)44-32-16-3-2-13-29(32)25-26-40(44)47(41)38-21-8-6-18-34(38)35-19-7-9-22-39(35)47/h2-28H,1H3. The predicted octanol–water partition coefficient (Wildman–Crippen LogP) is 11.6. The van der Waals surface area contributed by atoms with Crippen molar-refractivity contribution in [3.05, 3.63) is 186 Å². The van der Waals surface area contributed by atoms with Crippen molar-refractivity contribution >= 4 is 32.6 Å². The Balaban J connectivity index is 1.27. The Bertz CT molecular complexity index is 2810. The summed E-state index contributed by atoms with van der Waals surface area (Å²) in [7, 11) is 2.11. The van der Waals surface area contributed by atoms with Crippen molar-refractivity contribution in [1.82, 2.24) is 9.55 Å². The topological polar surface area (TPSA) is 17.8 Å². The molecule has 1 heterocycles. The molecule has 9 aromatic rings. The smallest absolute Gasteiger partial charge is 0.140 e. The molecule has 0 radical (unpaired) electrons. The van der Waals surface area contributed by atoms with Crippen LogP contribution in [0, 0.1) is 0 Å². The molecular weight excluding hydrogens is 593 g/mol. The molecule has 8 aromatic carbocycles. The highest BCUT2D eigenvalue weighted by Gasteiger charge is 2.52. The first-order valence-electron chi connectivity index (χ1n) is 17.0. The maximum absolute atomic E-state index is 5.06. The molecular formula is C47H30N2. The van der Waals surface area contributed by atoms with Crippen LogP contribution < -0.4 is 0 Å². The number of para-hydroxylation sites is 2. The van der Waals surface area contributed by atoms with Crippen molar-refractivity contribution in [1.29, 1.82) is 0 Å². The van der Waals surface area contributed by atoms with Gasteiger partial charge in [0, 0.05) is 12.6 Å². The molecule has 0 saturated carbocycles. The first-order chi connectivity index (χ1) is 24.2. The van der Waals surface area contributed by atoms with E-state index in [1.165, 1.54) is 77.2 Å². The lowest BCUT2D eigenvalue weighted by atomic mass is 9.70. The van der Waals surface area contributed by atoms with E-state index in [1.54, 1.807) is 0 Å². The van der Waals surface area contributed by atoms with Crippen LogP contribution in [0.5, 0.6) is 0 Å². The van der Waals surface area contributed by atoms with Crippen LogP contribution in [0.3, 0.4) is 0 Å². The molecule has 0 atom stereocenters. The molecule has 2 nitrogen and oxygen atoms in total. The summed E-state index contributed by atoms with van der Waals surface area (Å²) >= 11 is 0. The van der Waals surface area contributed by atoms with Crippen LogP contribution in [-0.2, 0) is 12.5 Å². The maximum Gasteiger partial charge on any atom is 0.140 e. The third-order valence-electron chi connectivity index (χ3n) is 11.2. The van der Waals surface area contributed by atoms with Crippen molar-refractivity contribution in [2.45, 2.75) is 5.41 Å². The molecule has 1 aromatic heterocycles. The fourth-order valence-corrected chi connectivity index (χ4v) is 9.22. The average molecular weight is 623 g/mol. The van der Waals surface area contributed by atoms with Crippen LogP contribution in [0.1, 0.15) is 22.3 Å². The fourth-order valence-electron chi connectivity index (χ4n) is 9.22. The molecule has 0 N–H and O–H groups in total. The zero-order valence-corrected chi connectivity index (χ0v) is 27.0. The Morgan fingerprint density at radius 3 is 1.88 bits per heavy atom. The van der Waals surface area contributed by atoms with Gasteiger partial charge in [-0.05, 0) is 101 Å². The third-order valence-corrected chi connectivity index (χ3v) is 11.2. The van der Waals surface area contributed by atoms with Gasteiger partial charge in [0.15, 0.2) is 0 Å². The average Bonchev–Trinajstić information content (AvgIpc) is 3.78. The van der Waals surface area contributed by atoms with Crippen LogP contribution >= 0.6 is 0 Å². The number of nitrogens with zero attached hydrogens (tertiary/aromatic N) is 2. The van der Waals surface area contributed by atoms with E-state index in [0.29, 0.717) is 0 Å². The molecule has 2 aliphatic carbocycles. The lowest BCUT2D eigenvalue weighted by molar-refractivity contribution is 0.795. The Kier molecular flexibility index (Phi) is 5.28. The van der Waals surface area contributed by atoms with E-state index in [0.717, 1.165) is 22.4 Å². The lowest BCUT2D eigenvalue weighted by Gasteiger charge is -2.31. The molecule has 11 rings (SSSR count). The van der Waals surface area contributed by atoms with E-state index < -0.39 is 5.41 Å². The van der Waals surface area contributed by atoms with Gasteiger partial charge in [-0.2, -0.15) is 0 Å². The van der Waals surface area contributed by atoms with E-state index in [-0.39, 0.29) is 0 Å². The van der Waals surface area contributed by atoms with Crippen molar-refractivity contribution in [2.75, 3.05) is 0 Å². The number of imidazole rings is 1. The quantitative estimate of drug-likeness (QED) is 0.188. The number of hydrogen-bond donors (Lipinski definition) is 0. The molecule has 0 saturated heterocycles. The zero-order chi connectivity index (χ0) is 32.3. The van der Waals surface area contributed by atoms with E-state index in [4.69, 9.17) is 4.98 Å². The SMILES string of the molecule is Cn1c(-c2cccc(-c3cc4c(c5ccccc35)-c3c(ccc5ccccc35)C43c4ccccc4-c4ccccc43)c2)nc2ccccc21. The molecule has 0 unspecified atom stereocenters. The van der Waals surface area contributed by atoms with E-state index in [1.807, 2.05) is 0 Å². The number of aromatic nitrogens is 2. The summed E-state index contributed by atoms with van der Waals surface area (Å²) in [6.07, 6.45) is 0. The summed E-state index contributed by atoms with van der Waals surface area (Å²) < 4.78 is 2.21. The Morgan fingerprint density at radius 1 is 0.449 bits per heavy atom. The summed E-state index contributed by atoms with van der Waals surface area (Å²) in [5.41, 5.74) is 16.1. The first-order valence-corrected chi connectivity index (χ1v) is 17.0. The number of hydrogen-bond acceptors (Lipinski definition) is 1. The Morgan fingerprint density at radius 2 is 1.08 bits per heavy atom. The van der Waals surface area contributed by atoms with Gasteiger partial charge in [0.1, 0.15) is 5.82 Å². The van der Waals surface area contributed by atoms with Crippen LogP contribution in [0.4, 0.5) is 0 Å². The number of benzene rings is 8. The second-order valence-corrected chi connectivity index (χ2v) is 13.5. The monoisotopic (exact) mass is 622 g/mol. The minimum atomic E-state index is -0.435. The lowest BCUT2D eigenvalue weighted by Crippen LogP contribution is -2.26. The van der Waals surface area contributed by atoms with Crippen LogP contribution in [0.25, 0.3) is 77.3 Å². The zero-order valence-electron chi connectivity index (χ0n) is 27.0. The largest absolute Gasteiger partial charge is 0.327 e. The summed E-state index contributed by atoms with van der Waals surface area (Å²) in [4.78, 5) is 5.06. The molecule has 2 aliphatic rings. The first kappa shape index (κ1) is 26.8. The molecule has 0 amide bonds.